The van der Waals surface area contributed by atoms with Gasteiger partial charge in [0.1, 0.15) is 0 Å². The van der Waals surface area contributed by atoms with E-state index in [-0.39, 0.29) is 0 Å². The van der Waals surface area contributed by atoms with Crippen LogP contribution in [0.2, 0.25) is 0 Å². The molecule has 2 atom stereocenters. The lowest BCUT2D eigenvalue weighted by Gasteiger charge is -2.31. The van der Waals surface area contributed by atoms with Crippen molar-refractivity contribution in [2.24, 2.45) is 5.92 Å². The highest BCUT2D eigenvalue weighted by atomic mass is 16.3. The average molecular weight is 183 g/mol. The number of hydrogen-bond donors (Lipinski definition) is 1. The second kappa shape index (κ2) is 5.40. The van der Waals surface area contributed by atoms with E-state index in [1.165, 1.54) is 19.3 Å². The molecule has 0 bridgehead atoms. The molecule has 0 unspecified atom stereocenters. The molecule has 2 heteroatoms. The first-order valence-corrected chi connectivity index (χ1v) is 5.18. The zero-order valence-electron chi connectivity index (χ0n) is 8.74. The Morgan fingerprint density at radius 2 is 2.15 bits per heavy atom. The summed E-state index contributed by atoms with van der Waals surface area (Å²) in [6, 6.07) is 0.551. The molecule has 0 fully saturated rings. The Hall–Kier alpha value is -0.340. The molecule has 13 heavy (non-hydrogen) atoms. The monoisotopic (exact) mass is 183 g/mol. The molecule has 76 valence electrons. The Kier molecular flexibility index (Phi) is 4.46. The van der Waals surface area contributed by atoms with Gasteiger partial charge in [-0.05, 0) is 39.8 Å². The molecule has 1 aliphatic carbocycles. The van der Waals surface area contributed by atoms with E-state index in [1.807, 2.05) is 0 Å². The van der Waals surface area contributed by atoms with E-state index in [2.05, 4.69) is 31.1 Å². The van der Waals surface area contributed by atoms with Gasteiger partial charge in [-0.2, -0.15) is 0 Å². The van der Waals surface area contributed by atoms with Gasteiger partial charge in [-0.15, -0.1) is 0 Å². The van der Waals surface area contributed by atoms with E-state index >= 15 is 0 Å². The molecular formula is C11H21NO. The molecule has 0 saturated carbocycles. The number of allylic oxidation sites excluding steroid dienone is 2. The zero-order valence-corrected chi connectivity index (χ0v) is 8.74. The number of hydrogen-bond acceptors (Lipinski definition) is 2. The fourth-order valence-corrected chi connectivity index (χ4v) is 2.10. The third-order valence-corrected chi connectivity index (χ3v) is 2.92. The number of aliphatic hydroxyl groups is 1. The Labute approximate surface area is 81.2 Å². The predicted octanol–water partition coefficient (Wildman–Crippen LogP) is 1.66. The molecule has 0 radical (unpaired) electrons. The van der Waals surface area contributed by atoms with E-state index in [9.17, 15) is 5.11 Å². The van der Waals surface area contributed by atoms with Crippen molar-refractivity contribution in [1.29, 1.82) is 0 Å². The van der Waals surface area contributed by atoms with Crippen molar-refractivity contribution >= 4 is 0 Å². The minimum atomic E-state index is 0.313. The lowest BCUT2D eigenvalue weighted by Crippen LogP contribution is -2.37. The summed E-state index contributed by atoms with van der Waals surface area (Å²) in [6.45, 7) is 0.313. The summed E-state index contributed by atoms with van der Waals surface area (Å²) in [5, 5.41) is 9.27. The van der Waals surface area contributed by atoms with Crippen LogP contribution in [-0.2, 0) is 0 Å². The van der Waals surface area contributed by atoms with E-state index < -0.39 is 0 Å². The highest BCUT2D eigenvalue weighted by Crippen LogP contribution is 2.21. The van der Waals surface area contributed by atoms with Crippen LogP contribution in [0.3, 0.4) is 0 Å². The Morgan fingerprint density at radius 1 is 1.38 bits per heavy atom. The molecule has 0 saturated heterocycles. The summed E-state index contributed by atoms with van der Waals surface area (Å²) < 4.78 is 0. The van der Waals surface area contributed by atoms with Crippen molar-refractivity contribution in [2.45, 2.75) is 31.7 Å². The van der Waals surface area contributed by atoms with E-state index in [0.717, 1.165) is 6.42 Å². The normalized spacial score (nSPS) is 32.6. The van der Waals surface area contributed by atoms with Crippen LogP contribution in [0.4, 0.5) is 0 Å². The molecule has 0 aromatic carbocycles. The van der Waals surface area contributed by atoms with Crippen molar-refractivity contribution in [1.82, 2.24) is 4.90 Å². The van der Waals surface area contributed by atoms with E-state index in [1.54, 1.807) is 0 Å². The maximum Gasteiger partial charge on any atom is 0.0477 e. The molecule has 1 aliphatic rings. The van der Waals surface area contributed by atoms with Crippen molar-refractivity contribution < 1.29 is 5.11 Å². The Morgan fingerprint density at radius 3 is 2.77 bits per heavy atom. The second-order valence-corrected chi connectivity index (χ2v) is 4.11. The fraction of sp³-hybridized carbons (Fsp3) is 0.818. The lowest BCUT2D eigenvalue weighted by atomic mass is 9.89. The number of nitrogens with zero attached hydrogens (tertiary/aromatic N) is 1. The van der Waals surface area contributed by atoms with Gasteiger partial charge >= 0.3 is 0 Å². The molecule has 0 aromatic rings. The van der Waals surface area contributed by atoms with Gasteiger partial charge in [0.15, 0.2) is 0 Å². The van der Waals surface area contributed by atoms with Gasteiger partial charge in [0, 0.05) is 18.6 Å². The van der Waals surface area contributed by atoms with Gasteiger partial charge in [0.25, 0.3) is 0 Å². The van der Waals surface area contributed by atoms with Crippen molar-refractivity contribution in [3.8, 4) is 0 Å². The van der Waals surface area contributed by atoms with Gasteiger partial charge in [0.2, 0.25) is 0 Å². The largest absolute Gasteiger partial charge is 0.396 e. The molecule has 2 nitrogen and oxygen atoms in total. The van der Waals surface area contributed by atoms with Crippen molar-refractivity contribution in [3.63, 3.8) is 0 Å². The number of aliphatic hydroxyl groups excluding tert-OH is 1. The average Bonchev–Trinajstić information content (AvgIpc) is 2.03. The van der Waals surface area contributed by atoms with Gasteiger partial charge in [-0.3, -0.25) is 0 Å². The molecule has 1 N–H and O–H groups in total. The summed E-state index contributed by atoms with van der Waals surface area (Å²) in [4.78, 5) is 2.25. The molecule has 0 aromatic heterocycles. The van der Waals surface area contributed by atoms with Crippen LogP contribution in [0.5, 0.6) is 0 Å². The highest BCUT2D eigenvalue weighted by molar-refractivity contribution is 4.91. The molecule has 0 amide bonds. The first-order chi connectivity index (χ1) is 6.25. The SMILES string of the molecule is CN(C)[C@@H]1CCC/C=C\C[C@H]1CO. The van der Waals surface area contributed by atoms with Crippen LogP contribution < -0.4 is 0 Å². The summed E-state index contributed by atoms with van der Waals surface area (Å²) in [5.74, 6) is 0.423. The summed E-state index contributed by atoms with van der Waals surface area (Å²) in [7, 11) is 4.22. The first-order valence-electron chi connectivity index (χ1n) is 5.18. The highest BCUT2D eigenvalue weighted by Gasteiger charge is 2.21. The van der Waals surface area contributed by atoms with Crippen LogP contribution in [0.25, 0.3) is 0 Å². The topological polar surface area (TPSA) is 23.5 Å². The van der Waals surface area contributed by atoms with Crippen LogP contribution in [-0.4, -0.2) is 36.8 Å². The van der Waals surface area contributed by atoms with Gasteiger partial charge < -0.3 is 10.0 Å². The van der Waals surface area contributed by atoms with Crippen LogP contribution in [0.1, 0.15) is 25.7 Å². The smallest absolute Gasteiger partial charge is 0.0477 e. The third kappa shape index (κ3) is 3.12. The van der Waals surface area contributed by atoms with Gasteiger partial charge in [0.05, 0.1) is 0 Å². The summed E-state index contributed by atoms with van der Waals surface area (Å²) in [5.41, 5.74) is 0. The Bertz CT molecular complexity index is 165. The second-order valence-electron chi connectivity index (χ2n) is 4.11. The third-order valence-electron chi connectivity index (χ3n) is 2.92. The van der Waals surface area contributed by atoms with E-state index in [4.69, 9.17) is 0 Å². The van der Waals surface area contributed by atoms with E-state index in [0.29, 0.717) is 18.6 Å². The molecule has 0 aliphatic heterocycles. The van der Waals surface area contributed by atoms with Gasteiger partial charge in [-0.25, -0.2) is 0 Å². The molecule has 0 spiro atoms. The molecule has 0 heterocycles. The quantitative estimate of drug-likeness (QED) is 0.658. The van der Waals surface area contributed by atoms with Crippen molar-refractivity contribution in [3.05, 3.63) is 12.2 Å². The minimum Gasteiger partial charge on any atom is -0.396 e. The van der Waals surface area contributed by atoms with Crippen molar-refractivity contribution in [2.75, 3.05) is 20.7 Å². The maximum absolute atomic E-state index is 9.27. The fourth-order valence-electron chi connectivity index (χ4n) is 2.10. The molecule has 1 rings (SSSR count). The minimum absolute atomic E-state index is 0.313. The maximum atomic E-state index is 9.27. The van der Waals surface area contributed by atoms with Gasteiger partial charge in [-0.1, -0.05) is 12.2 Å². The summed E-state index contributed by atoms with van der Waals surface area (Å²) >= 11 is 0. The summed E-state index contributed by atoms with van der Waals surface area (Å²) in [6.07, 6.45) is 9.14. The number of rotatable bonds is 2. The lowest BCUT2D eigenvalue weighted by molar-refractivity contribution is 0.125. The van der Waals surface area contributed by atoms with Crippen LogP contribution in [0.15, 0.2) is 12.2 Å². The zero-order chi connectivity index (χ0) is 9.68. The Balaban J connectivity index is 2.59. The standard InChI is InChI=1S/C11H21NO/c1-12(2)11-8-6-4-3-5-7-10(11)9-13/h3,5,10-11,13H,4,6-9H2,1-2H3/b5-3-/t10-,11+/m0/s1. The first kappa shape index (κ1) is 10.7. The predicted molar refractivity (Wildman–Crippen MR) is 55.7 cm³/mol. The van der Waals surface area contributed by atoms with Crippen LogP contribution >= 0.6 is 0 Å². The van der Waals surface area contributed by atoms with Crippen LogP contribution in [0, 0.1) is 5.92 Å². The molecular weight excluding hydrogens is 162 g/mol.